The fraction of sp³-hybridized carbons (Fsp3) is 0.250. The summed E-state index contributed by atoms with van der Waals surface area (Å²) in [6.45, 7) is 5.48. The van der Waals surface area contributed by atoms with Crippen LogP contribution in [0.2, 0.25) is 0 Å². The van der Waals surface area contributed by atoms with Crippen LogP contribution >= 0.6 is 0 Å². The second-order valence-electron chi connectivity index (χ2n) is 5.34. The van der Waals surface area contributed by atoms with Gasteiger partial charge >= 0.3 is 0 Å². The van der Waals surface area contributed by atoms with E-state index < -0.39 is 0 Å². The van der Waals surface area contributed by atoms with Crippen molar-refractivity contribution in [2.75, 3.05) is 0 Å². The number of nitrogens with one attached hydrogen (secondary N) is 1. The lowest BCUT2D eigenvalue weighted by atomic mass is 10.1. The lowest BCUT2D eigenvalue weighted by Crippen LogP contribution is -2.16. The molecule has 3 aromatic rings. The number of furan rings is 1. The van der Waals surface area contributed by atoms with Crippen LogP contribution in [-0.2, 0) is 0 Å². The summed E-state index contributed by atoms with van der Waals surface area (Å²) in [6, 6.07) is 7.52. The zero-order chi connectivity index (χ0) is 15.1. The summed E-state index contributed by atoms with van der Waals surface area (Å²) >= 11 is 0. The summed E-state index contributed by atoms with van der Waals surface area (Å²) in [5.41, 5.74) is 1.40. The summed E-state index contributed by atoms with van der Waals surface area (Å²) in [7, 11) is 0. The van der Waals surface area contributed by atoms with Crippen LogP contribution in [0.5, 0.6) is 5.88 Å². The van der Waals surface area contributed by atoms with Crippen molar-refractivity contribution < 1.29 is 9.52 Å². The van der Waals surface area contributed by atoms with E-state index in [4.69, 9.17) is 4.42 Å². The minimum absolute atomic E-state index is 0.0995. The standard InChI is InChI=1S/C16H16N2O3/c1-8(2)12-15(19)17-14(18-16(12)20)13-9(3)21-11-7-5-4-6-10(11)13/h4-8H,1-3H3,(H2,17,18,19,20). The number of hydrogen-bond acceptors (Lipinski definition) is 4. The van der Waals surface area contributed by atoms with E-state index in [1.54, 1.807) is 0 Å². The molecule has 0 fully saturated rings. The fourth-order valence-electron chi connectivity index (χ4n) is 2.57. The maximum Gasteiger partial charge on any atom is 0.258 e. The minimum atomic E-state index is -0.322. The number of aromatic nitrogens is 2. The highest BCUT2D eigenvalue weighted by molar-refractivity contribution is 5.93. The number of benzene rings is 1. The normalized spacial score (nSPS) is 11.4. The summed E-state index contributed by atoms with van der Waals surface area (Å²) in [5.74, 6) is 0.645. The van der Waals surface area contributed by atoms with Gasteiger partial charge in [-0.15, -0.1) is 0 Å². The van der Waals surface area contributed by atoms with Gasteiger partial charge in [-0.3, -0.25) is 4.79 Å². The van der Waals surface area contributed by atoms with Crippen LogP contribution in [0.4, 0.5) is 0 Å². The quantitative estimate of drug-likeness (QED) is 0.756. The van der Waals surface area contributed by atoms with Gasteiger partial charge in [0.1, 0.15) is 17.2 Å². The number of hydrogen-bond donors (Lipinski definition) is 2. The fourth-order valence-corrected chi connectivity index (χ4v) is 2.57. The molecule has 0 spiro atoms. The van der Waals surface area contributed by atoms with Crippen LogP contribution in [0.15, 0.2) is 33.5 Å². The van der Waals surface area contributed by atoms with E-state index in [-0.39, 0.29) is 17.4 Å². The predicted molar refractivity (Wildman–Crippen MR) is 80.6 cm³/mol. The molecule has 0 unspecified atom stereocenters. The average molecular weight is 284 g/mol. The summed E-state index contributed by atoms with van der Waals surface area (Å²) < 4.78 is 5.67. The Kier molecular flexibility index (Phi) is 3.05. The number of aromatic amines is 1. The highest BCUT2D eigenvalue weighted by Crippen LogP contribution is 2.33. The molecule has 0 amide bonds. The number of nitrogens with zero attached hydrogens (tertiary/aromatic N) is 1. The molecule has 1 aromatic carbocycles. The highest BCUT2D eigenvalue weighted by atomic mass is 16.3. The van der Waals surface area contributed by atoms with Crippen molar-refractivity contribution in [3.05, 3.63) is 45.9 Å². The van der Waals surface area contributed by atoms with Gasteiger partial charge in [-0.25, -0.2) is 0 Å². The molecule has 2 heterocycles. The molecule has 21 heavy (non-hydrogen) atoms. The van der Waals surface area contributed by atoms with Crippen molar-refractivity contribution in [3.8, 4) is 17.3 Å². The summed E-state index contributed by atoms with van der Waals surface area (Å²) in [6.07, 6.45) is 0. The van der Waals surface area contributed by atoms with Crippen molar-refractivity contribution >= 4 is 11.0 Å². The van der Waals surface area contributed by atoms with Crippen molar-refractivity contribution in [3.63, 3.8) is 0 Å². The van der Waals surface area contributed by atoms with Gasteiger partial charge in [-0.2, -0.15) is 4.98 Å². The molecule has 3 rings (SSSR count). The van der Waals surface area contributed by atoms with Gasteiger partial charge in [0.2, 0.25) is 5.88 Å². The number of aromatic hydroxyl groups is 1. The topological polar surface area (TPSA) is 79.1 Å². The van der Waals surface area contributed by atoms with Gasteiger partial charge in [0, 0.05) is 5.39 Å². The predicted octanol–water partition coefficient (Wildman–Crippen LogP) is 3.32. The minimum Gasteiger partial charge on any atom is -0.493 e. The second-order valence-corrected chi connectivity index (χ2v) is 5.34. The largest absolute Gasteiger partial charge is 0.493 e. The van der Waals surface area contributed by atoms with Crippen molar-refractivity contribution in [2.24, 2.45) is 0 Å². The monoisotopic (exact) mass is 284 g/mol. The Morgan fingerprint density at radius 3 is 2.67 bits per heavy atom. The van der Waals surface area contributed by atoms with E-state index in [1.165, 1.54) is 0 Å². The van der Waals surface area contributed by atoms with Crippen LogP contribution in [0.25, 0.3) is 22.4 Å². The van der Waals surface area contributed by atoms with Gasteiger partial charge in [0.25, 0.3) is 5.56 Å². The van der Waals surface area contributed by atoms with Gasteiger partial charge in [0.15, 0.2) is 0 Å². The molecule has 0 aliphatic carbocycles. The molecule has 0 saturated heterocycles. The molecular weight excluding hydrogens is 268 g/mol. The molecule has 0 bridgehead atoms. The molecule has 108 valence electrons. The van der Waals surface area contributed by atoms with Gasteiger partial charge < -0.3 is 14.5 Å². The Balaban J connectivity index is 2.29. The Hall–Kier alpha value is -2.56. The zero-order valence-electron chi connectivity index (χ0n) is 12.1. The third kappa shape index (κ3) is 2.11. The van der Waals surface area contributed by atoms with Crippen LogP contribution in [0.1, 0.15) is 31.1 Å². The molecule has 0 aliphatic rings. The van der Waals surface area contributed by atoms with E-state index in [0.717, 1.165) is 11.0 Å². The Labute approximate surface area is 121 Å². The molecule has 0 aliphatic heterocycles. The Bertz CT molecular complexity index is 875. The Morgan fingerprint density at radius 2 is 2.00 bits per heavy atom. The van der Waals surface area contributed by atoms with Crippen molar-refractivity contribution in [1.29, 1.82) is 0 Å². The van der Waals surface area contributed by atoms with Crippen molar-refractivity contribution in [2.45, 2.75) is 26.7 Å². The van der Waals surface area contributed by atoms with Gasteiger partial charge in [-0.1, -0.05) is 32.0 Å². The van der Waals surface area contributed by atoms with E-state index in [2.05, 4.69) is 9.97 Å². The van der Waals surface area contributed by atoms with Gasteiger partial charge in [-0.05, 0) is 18.9 Å². The number of rotatable bonds is 2. The maximum atomic E-state index is 12.2. The highest BCUT2D eigenvalue weighted by Gasteiger charge is 2.19. The first-order valence-corrected chi connectivity index (χ1v) is 6.80. The number of fused-ring (bicyclic) bond motifs is 1. The molecule has 5 nitrogen and oxygen atoms in total. The van der Waals surface area contributed by atoms with E-state index in [1.807, 2.05) is 45.0 Å². The molecule has 2 aromatic heterocycles. The van der Waals surface area contributed by atoms with Gasteiger partial charge in [0.05, 0.1) is 11.1 Å². The number of H-pyrrole nitrogens is 1. The van der Waals surface area contributed by atoms with E-state index >= 15 is 0 Å². The second kappa shape index (κ2) is 4.77. The van der Waals surface area contributed by atoms with E-state index in [9.17, 15) is 9.90 Å². The molecule has 5 heteroatoms. The first-order valence-electron chi connectivity index (χ1n) is 6.80. The van der Waals surface area contributed by atoms with Crippen LogP contribution in [-0.4, -0.2) is 15.1 Å². The van der Waals surface area contributed by atoms with E-state index in [0.29, 0.717) is 22.7 Å². The number of aryl methyl sites for hydroxylation is 1. The lowest BCUT2D eigenvalue weighted by Gasteiger charge is -2.08. The first kappa shape index (κ1) is 13.4. The molecular formula is C16H16N2O3. The molecule has 0 atom stereocenters. The van der Waals surface area contributed by atoms with Crippen molar-refractivity contribution in [1.82, 2.24) is 9.97 Å². The molecule has 0 radical (unpaired) electrons. The SMILES string of the molecule is Cc1oc2ccccc2c1-c1nc(O)c(C(C)C)c(=O)[nH]1. The summed E-state index contributed by atoms with van der Waals surface area (Å²) in [5, 5.41) is 10.9. The van der Waals surface area contributed by atoms with Crippen LogP contribution < -0.4 is 5.56 Å². The third-order valence-corrected chi connectivity index (χ3v) is 3.52. The average Bonchev–Trinajstić information content (AvgIpc) is 2.73. The van der Waals surface area contributed by atoms with Crippen LogP contribution in [0.3, 0.4) is 0 Å². The van der Waals surface area contributed by atoms with Crippen LogP contribution in [0, 0.1) is 6.92 Å². The number of para-hydroxylation sites is 1. The lowest BCUT2D eigenvalue weighted by molar-refractivity contribution is 0.440. The zero-order valence-corrected chi connectivity index (χ0v) is 12.1. The Morgan fingerprint density at radius 1 is 1.29 bits per heavy atom. The smallest absolute Gasteiger partial charge is 0.258 e. The summed E-state index contributed by atoms with van der Waals surface area (Å²) in [4.78, 5) is 19.1. The maximum absolute atomic E-state index is 12.2. The molecule has 2 N–H and O–H groups in total. The third-order valence-electron chi connectivity index (χ3n) is 3.52. The molecule has 0 saturated carbocycles. The first-order chi connectivity index (χ1) is 9.99.